The fourth-order valence-corrected chi connectivity index (χ4v) is 1.25. The van der Waals surface area contributed by atoms with Crippen molar-refractivity contribution >= 4 is 19.7 Å². The Labute approximate surface area is 59.6 Å². The van der Waals surface area contributed by atoms with Crippen LogP contribution in [0.3, 0.4) is 0 Å². The average Bonchev–Trinajstić information content (AvgIpc) is 1.59. The average molecular weight is 172 g/mol. The summed E-state index contributed by atoms with van der Waals surface area (Å²) in [6.07, 6.45) is 0.422. The molecule has 0 heterocycles. The summed E-state index contributed by atoms with van der Waals surface area (Å²) in [7, 11) is 1.57. The third-order valence-electron chi connectivity index (χ3n) is 0.817. The van der Waals surface area contributed by atoms with Crippen molar-refractivity contribution in [1.82, 2.24) is 0 Å². The molecule has 0 bridgehead atoms. The van der Waals surface area contributed by atoms with E-state index in [0.29, 0.717) is 6.42 Å². The van der Waals surface area contributed by atoms with Crippen LogP contribution in [0.15, 0.2) is 0 Å². The molecule has 0 spiro atoms. The molecule has 0 amide bonds. The smallest absolute Gasteiger partial charge is 0.232 e. The summed E-state index contributed by atoms with van der Waals surface area (Å²) in [5.74, 6) is -0.0355. The van der Waals surface area contributed by atoms with Gasteiger partial charge in [-0.05, 0) is 13.3 Å². The maximum absolute atomic E-state index is 10.2. The van der Waals surface area contributed by atoms with Crippen molar-refractivity contribution in [2.45, 2.75) is 19.4 Å². The van der Waals surface area contributed by atoms with Crippen LogP contribution in [0.4, 0.5) is 0 Å². The lowest BCUT2D eigenvalue weighted by molar-refractivity contribution is 0.601. The summed E-state index contributed by atoms with van der Waals surface area (Å²) in [5, 5.41) is 0. The van der Waals surface area contributed by atoms with Gasteiger partial charge in [-0.1, -0.05) is 0 Å². The van der Waals surface area contributed by atoms with Crippen LogP contribution in [0, 0.1) is 0 Å². The predicted molar refractivity (Wildman–Crippen MR) is 37.9 cm³/mol. The second-order valence-electron chi connectivity index (χ2n) is 2.01. The fourth-order valence-electron chi connectivity index (χ4n) is 0.327. The third kappa shape index (κ3) is 8.20. The SMILES string of the molecule is CC(N)CCS(=O)(=O)Cl. The van der Waals surface area contributed by atoms with E-state index in [0.717, 1.165) is 0 Å². The molecule has 0 rings (SSSR count). The first kappa shape index (κ1) is 9.20. The van der Waals surface area contributed by atoms with E-state index >= 15 is 0 Å². The highest BCUT2D eigenvalue weighted by Gasteiger charge is 2.05. The Balaban J connectivity index is 3.53. The van der Waals surface area contributed by atoms with Gasteiger partial charge in [-0.3, -0.25) is 0 Å². The molecular formula is C4H10ClNO2S. The molecule has 0 aliphatic carbocycles. The highest BCUT2D eigenvalue weighted by molar-refractivity contribution is 8.13. The predicted octanol–water partition coefficient (Wildman–Crippen LogP) is 0.292. The maximum atomic E-state index is 10.2. The Morgan fingerprint density at radius 1 is 1.67 bits per heavy atom. The van der Waals surface area contributed by atoms with Gasteiger partial charge in [-0.15, -0.1) is 0 Å². The molecule has 0 fully saturated rings. The molecule has 0 saturated carbocycles. The van der Waals surface area contributed by atoms with Gasteiger partial charge >= 0.3 is 0 Å². The van der Waals surface area contributed by atoms with Crippen LogP contribution in [0.2, 0.25) is 0 Å². The topological polar surface area (TPSA) is 60.2 Å². The molecule has 0 radical (unpaired) electrons. The van der Waals surface area contributed by atoms with E-state index < -0.39 is 9.05 Å². The van der Waals surface area contributed by atoms with E-state index in [1.165, 1.54) is 0 Å². The highest BCUT2D eigenvalue weighted by atomic mass is 35.7. The maximum Gasteiger partial charge on any atom is 0.232 e. The van der Waals surface area contributed by atoms with Crippen LogP contribution >= 0.6 is 10.7 Å². The van der Waals surface area contributed by atoms with E-state index in [2.05, 4.69) is 0 Å². The summed E-state index contributed by atoms with van der Waals surface area (Å²) >= 11 is 0. The van der Waals surface area contributed by atoms with Crippen LogP contribution in [0.5, 0.6) is 0 Å². The number of rotatable bonds is 3. The molecule has 2 N–H and O–H groups in total. The van der Waals surface area contributed by atoms with Gasteiger partial charge in [0.25, 0.3) is 0 Å². The normalized spacial score (nSPS) is 15.4. The lowest BCUT2D eigenvalue weighted by Gasteiger charge is -1.99. The lowest BCUT2D eigenvalue weighted by Crippen LogP contribution is -2.17. The van der Waals surface area contributed by atoms with Crippen molar-refractivity contribution in [2.24, 2.45) is 5.73 Å². The molecule has 0 aliphatic heterocycles. The van der Waals surface area contributed by atoms with Crippen molar-refractivity contribution in [2.75, 3.05) is 5.75 Å². The molecule has 0 saturated heterocycles. The number of halogens is 1. The minimum atomic E-state index is -3.33. The van der Waals surface area contributed by atoms with Crippen LogP contribution in [0.25, 0.3) is 0 Å². The Bertz CT molecular complexity index is 163. The quantitative estimate of drug-likeness (QED) is 0.622. The molecule has 56 valence electrons. The Kier molecular flexibility index (Phi) is 3.46. The summed E-state index contributed by atoms with van der Waals surface area (Å²) in [6, 6.07) is -0.0986. The van der Waals surface area contributed by atoms with Gasteiger partial charge in [0.05, 0.1) is 5.75 Å². The van der Waals surface area contributed by atoms with Gasteiger partial charge in [0.2, 0.25) is 9.05 Å². The zero-order valence-corrected chi connectivity index (χ0v) is 6.74. The van der Waals surface area contributed by atoms with Crippen molar-refractivity contribution in [1.29, 1.82) is 0 Å². The fraction of sp³-hybridized carbons (Fsp3) is 1.00. The Morgan fingerprint density at radius 2 is 2.11 bits per heavy atom. The second kappa shape index (κ2) is 3.39. The first-order valence-corrected chi connectivity index (χ1v) is 5.07. The van der Waals surface area contributed by atoms with Gasteiger partial charge in [0.1, 0.15) is 0 Å². The van der Waals surface area contributed by atoms with E-state index in [4.69, 9.17) is 16.4 Å². The summed E-state index contributed by atoms with van der Waals surface area (Å²) in [4.78, 5) is 0. The number of hydrogen-bond acceptors (Lipinski definition) is 3. The van der Waals surface area contributed by atoms with Crippen LogP contribution in [0.1, 0.15) is 13.3 Å². The summed E-state index contributed by atoms with van der Waals surface area (Å²) in [5.41, 5.74) is 5.28. The molecule has 0 aromatic heterocycles. The lowest BCUT2D eigenvalue weighted by atomic mass is 10.3. The Morgan fingerprint density at radius 3 is 2.22 bits per heavy atom. The van der Waals surface area contributed by atoms with Crippen molar-refractivity contribution in [3.05, 3.63) is 0 Å². The molecule has 0 aromatic carbocycles. The Hall–Kier alpha value is 0.200. The van der Waals surface area contributed by atoms with Gasteiger partial charge < -0.3 is 5.73 Å². The minimum absolute atomic E-state index is 0.0355. The molecule has 0 aliphatic rings. The van der Waals surface area contributed by atoms with E-state index in [9.17, 15) is 8.42 Å². The van der Waals surface area contributed by atoms with Crippen molar-refractivity contribution in [3.63, 3.8) is 0 Å². The molecule has 1 unspecified atom stereocenters. The van der Waals surface area contributed by atoms with Crippen molar-refractivity contribution in [3.8, 4) is 0 Å². The first-order valence-electron chi connectivity index (χ1n) is 2.60. The van der Waals surface area contributed by atoms with Gasteiger partial charge in [-0.2, -0.15) is 0 Å². The molecule has 3 nitrogen and oxygen atoms in total. The first-order chi connectivity index (χ1) is 3.92. The van der Waals surface area contributed by atoms with E-state index in [-0.39, 0.29) is 11.8 Å². The molecule has 9 heavy (non-hydrogen) atoms. The second-order valence-corrected chi connectivity index (χ2v) is 4.91. The molecule has 0 aromatic rings. The van der Waals surface area contributed by atoms with E-state index in [1.807, 2.05) is 0 Å². The van der Waals surface area contributed by atoms with Gasteiger partial charge in [0.15, 0.2) is 0 Å². The van der Waals surface area contributed by atoms with Gasteiger partial charge in [-0.25, -0.2) is 8.42 Å². The zero-order chi connectivity index (χ0) is 7.49. The third-order valence-corrected chi connectivity index (χ3v) is 2.00. The minimum Gasteiger partial charge on any atom is -0.328 e. The van der Waals surface area contributed by atoms with Crippen LogP contribution in [-0.4, -0.2) is 20.2 Å². The molecule has 1 atom stereocenters. The highest BCUT2D eigenvalue weighted by Crippen LogP contribution is 1.99. The number of hydrogen-bond donors (Lipinski definition) is 1. The van der Waals surface area contributed by atoms with Crippen LogP contribution < -0.4 is 5.73 Å². The largest absolute Gasteiger partial charge is 0.328 e. The summed E-state index contributed by atoms with van der Waals surface area (Å²) in [6.45, 7) is 1.74. The zero-order valence-electron chi connectivity index (χ0n) is 5.17. The monoisotopic (exact) mass is 171 g/mol. The van der Waals surface area contributed by atoms with Gasteiger partial charge in [0, 0.05) is 16.7 Å². The van der Waals surface area contributed by atoms with Crippen LogP contribution in [-0.2, 0) is 9.05 Å². The van der Waals surface area contributed by atoms with Crippen molar-refractivity contribution < 1.29 is 8.42 Å². The standard InChI is InChI=1S/C4H10ClNO2S/c1-4(6)2-3-9(5,7)8/h4H,2-3,6H2,1H3. The molecular weight excluding hydrogens is 162 g/mol. The molecule has 5 heteroatoms. The van der Waals surface area contributed by atoms with E-state index in [1.54, 1.807) is 6.92 Å². The number of nitrogens with two attached hydrogens (primary N) is 1. The summed E-state index contributed by atoms with van der Waals surface area (Å²) < 4.78 is 20.5.